The number of benzene rings is 1. The van der Waals surface area contributed by atoms with Crippen molar-refractivity contribution in [1.29, 1.82) is 0 Å². The average Bonchev–Trinajstić information content (AvgIpc) is 2.94. The molecule has 0 bridgehead atoms. The zero-order chi connectivity index (χ0) is 14.1. The van der Waals surface area contributed by atoms with Gasteiger partial charge in [0.05, 0.1) is 11.4 Å². The number of rotatable bonds is 2. The molecule has 0 radical (unpaired) electrons. The number of carbonyl (C=O) groups is 2. The smallest absolute Gasteiger partial charge is 0.275 e. The number of amides is 2. The highest BCUT2D eigenvalue weighted by Crippen LogP contribution is 2.30. The lowest BCUT2D eigenvalue weighted by molar-refractivity contribution is -0.115. The van der Waals surface area contributed by atoms with E-state index in [1.165, 1.54) is 4.90 Å². The number of aryl methyl sites for hydroxylation is 1. The number of anilines is 2. The third kappa shape index (κ3) is 1.97. The van der Waals surface area contributed by atoms with Gasteiger partial charge >= 0.3 is 0 Å². The van der Waals surface area contributed by atoms with Crippen LogP contribution in [-0.4, -0.2) is 22.9 Å². The first kappa shape index (κ1) is 12.5. The maximum Gasteiger partial charge on any atom is 0.275 e. The number of nitrogens with zero attached hydrogens (tertiary/aromatic N) is 2. The Balaban J connectivity index is 2.02. The van der Waals surface area contributed by atoms with E-state index in [9.17, 15) is 9.59 Å². The Kier molecular flexibility index (Phi) is 3.02. The van der Waals surface area contributed by atoms with E-state index in [1.54, 1.807) is 12.1 Å². The van der Waals surface area contributed by atoms with Gasteiger partial charge in [0.1, 0.15) is 12.2 Å². The molecule has 0 fully saturated rings. The molecule has 1 N–H and O–H groups in total. The Morgan fingerprint density at radius 2 is 2.05 bits per heavy atom. The van der Waals surface area contributed by atoms with E-state index in [2.05, 4.69) is 5.32 Å². The number of carbonyl (C=O) groups excluding carboxylic acids is 2. The molecule has 0 unspecified atom stereocenters. The summed E-state index contributed by atoms with van der Waals surface area (Å²) >= 11 is 0. The molecule has 3 rings (SSSR count). The molecule has 2 aromatic rings. The quantitative estimate of drug-likeness (QED) is 0.907. The van der Waals surface area contributed by atoms with Gasteiger partial charge < -0.3 is 9.88 Å². The second-order valence-electron chi connectivity index (χ2n) is 4.64. The van der Waals surface area contributed by atoms with E-state index < -0.39 is 0 Å². The minimum Gasteiger partial charge on any atom is -0.344 e. The summed E-state index contributed by atoms with van der Waals surface area (Å²) in [5.41, 5.74) is 2.00. The maximum atomic E-state index is 12.7. The molecule has 5 nitrogen and oxygen atoms in total. The van der Waals surface area contributed by atoms with Crippen LogP contribution < -0.4 is 10.2 Å². The third-order valence-electron chi connectivity index (χ3n) is 3.41. The molecule has 0 aliphatic carbocycles. The summed E-state index contributed by atoms with van der Waals surface area (Å²) in [5.74, 6) is -0.328. The predicted octanol–water partition coefficient (Wildman–Crippen LogP) is 2.11. The summed E-state index contributed by atoms with van der Waals surface area (Å²) in [6.45, 7) is 2.74. The highest BCUT2D eigenvalue weighted by Gasteiger charge is 2.28. The van der Waals surface area contributed by atoms with Crippen LogP contribution in [0.3, 0.4) is 0 Å². The van der Waals surface area contributed by atoms with Gasteiger partial charge in [0.2, 0.25) is 5.91 Å². The lowest BCUT2D eigenvalue weighted by atomic mass is 10.2. The second kappa shape index (κ2) is 4.85. The molecule has 102 valence electrons. The van der Waals surface area contributed by atoms with Crippen LogP contribution in [0.25, 0.3) is 0 Å². The molecule has 1 aromatic carbocycles. The van der Waals surface area contributed by atoms with Crippen LogP contribution in [-0.2, 0) is 11.3 Å². The van der Waals surface area contributed by atoms with Crippen LogP contribution in [0.1, 0.15) is 17.4 Å². The Hall–Kier alpha value is -2.56. The number of fused-ring (bicyclic) bond motifs is 1. The highest BCUT2D eigenvalue weighted by molar-refractivity contribution is 6.14. The lowest BCUT2D eigenvalue weighted by Crippen LogP contribution is -2.42. The molecule has 0 spiro atoms. The normalized spacial score (nSPS) is 13.8. The Bertz CT molecular complexity index is 675. The first-order chi connectivity index (χ1) is 9.70. The largest absolute Gasteiger partial charge is 0.344 e. The molecule has 2 amide bonds. The fourth-order valence-electron chi connectivity index (χ4n) is 2.44. The Morgan fingerprint density at radius 1 is 1.25 bits per heavy atom. The molecule has 20 heavy (non-hydrogen) atoms. The van der Waals surface area contributed by atoms with Crippen LogP contribution in [0.5, 0.6) is 0 Å². The Morgan fingerprint density at radius 3 is 2.85 bits per heavy atom. The van der Waals surface area contributed by atoms with Crippen molar-refractivity contribution in [2.45, 2.75) is 13.5 Å². The van der Waals surface area contributed by atoms with Gasteiger partial charge in [-0.1, -0.05) is 12.1 Å². The predicted molar refractivity (Wildman–Crippen MR) is 76.9 cm³/mol. The van der Waals surface area contributed by atoms with Gasteiger partial charge in [-0.3, -0.25) is 14.5 Å². The first-order valence-corrected chi connectivity index (χ1v) is 6.56. The van der Waals surface area contributed by atoms with Crippen LogP contribution in [0.15, 0.2) is 42.6 Å². The summed E-state index contributed by atoms with van der Waals surface area (Å²) < 4.78 is 1.87. The molecule has 1 aliphatic heterocycles. The second-order valence-corrected chi connectivity index (χ2v) is 4.64. The van der Waals surface area contributed by atoms with Gasteiger partial charge in [-0.15, -0.1) is 0 Å². The van der Waals surface area contributed by atoms with Crippen molar-refractivity contribution in [3.8, 4) is 0 Å². The molecule has 5 heteroatoms. The van der Waals surface area contributed by atoms with Gasteiger partial charge in [0.15, 0.2) is 0 Å². The van der Waals surface area contributed by atoms with Crippen molar-refractivity contribution in [2.75, 3.05) is 16.8 Å². The summed E-state index contributed by atoms with van der Waals surface area (Å²) in [6, 6.07) is 10.9. The van der Waals surface area contributed by atoms with Crippen LogP contribution in [0.2, 0.25) is 0 Å². The fourth-order valence-corrected chi connectivity index (χ4v) is 2.44. The van der Waals surface area contributed by atoms with E-state index in [-0.39, 0.29) is 18.4 Å². The third-order valence-corrected chi connectivity index (χ3v) is 3.41. The van der Waals surface area contributed by atoms with Crippen molar-refractivity contribution < 1.29 is 9.59 Å². The van der Waals surface area contributed by atoms with E-state index >= 15 is 0 Å². The van der Waals surface area contributed by atoms with Crippen LogP contribution >= 0.6 is 0 Å². The van der Waals surface area contributed by atoms with Crippen LogP contribution in [0.4, 0.5) is 11.4 Å². The summed E-state index contributed by atoms with van der Waals surface area (Å²) in [7, 11) is 0. The van der Waals surface area contributed by atoms with Crippen molar-refractivity contribution in [1.82, 2.24) is 4.57 Å². The monoisotopic (exact) mass is 269 g/mol. The van der Waals surface area contributed by atoms with Gasteiger partial charge in [0, 0.05) is 12.7 Å². The minimum atomic E-state index is -0.174. The summed E-state index contributed by atoms with van der Waals surface area (Å²) in [5, 5.41) is 2.78. The molecule has 2 heterocycles. The van der Waals surface area contributed by atoms with Crippen molar-refractivity contribution >= 4 is 23.2 Å². The molecule has 1 aromatic heterocycles. The Labute approximate surface area is 116 Å². The average molecular weight is 269 g/mol. The highest BCUT2D eigenvalue weighted by atomic mass is 16.2. The number of para-hydroxylation sites is 2. The molecular weight excluding hydrogens is 254 g/mol. The van der Waals surface area contributed by atoms with Gasteiger partial charge in [-0.2, -0.15) is 0 Å². The van der Waals surface area contributed by atoms with Crippen LogP contribution in [0, 0.1) is 0 Å². The number of nitrogens with one attached hydrogen (secondary N) is 1. The zero-order valence-electron chi connectivity index (χ0n) is 11.2. The van der Waals surface area contributed by atoms with Gasteiger partial charge in [-0.05, 0) is 31.2 Å². The minimum absolute atomic E-state index is 0.0464. The molecule has 1 aliphatic rings. The number of aromatic nitrogens is 1. The first-order valence-electron chi connectivity index (χ1n) is 6.56. The standard InChI is InChI=1S/C15H15N3O2/c1-2-17-9-5-8-13(17)15(20)18-10-14(19)16-11-6-3-4-7-12(11)18/h3-9H,2,10H2,1H3,(H,16,19). The van der Waals surface area contributed by atoms with E-state index in [0.717, 1.165) is 12.2 Å². The number of hydrogen-bond acceptors (Lipinski definition) is 2. The SMILES string of the molecule is CCn1cccc1C(=O)N1CC(=O)Nc2ccccc21. The maximum absolute atomic E-state index is 12.7. The lowest BCUT2D eigenvalue weighted by Gasteiger charge is -2.29. The van der Waals surface area contributed by atoms with E-state index in [1.807, 2.05) is 42.0 Å². The van der Waals surface area contributed by atoms with Gasteiger partial charge in [-0.25, -0.2) is 0 Å². The zero-order valence-corrected chi connectivity index (χ0v) is 11.2. The topological polar surface area (TPSA) is 54.3 Å². The van der Waals surface area contributed by atoms with Crippen molar-refractivity contribution in [2.24, 2.45) is 0 Å². The fraction of sp³-hybridized carbons (Fsp3) is 0.200. The molecule has 0 saturated heterocycles. The van der Waals surface area contributed by atoms with Gasteiger partial charge in [0.25, 0.3) is 5.91 Å². The summed E-state index contributed by atoms with van der Waals surface area (Å²) in [4.78, 5) is 26.0. The molecule has 0 atom stereocenters. The van der Waals surface area contributed by atoms with Crippen molar-refractivity contribution in [3.63, 3.8) is 0 Å². The van der Waals surface area contributed by atoms with Crippen molar-refractivity contribution in [3.05, 3.63) is 48.3 Å². The van der Waals surface area contributed by atoms with E-state index in [0.29, 0.717) is 11.4 Å². The summed E-state index contributed by atoms with van der Waals surface area (Å²) in [6.07, 6.45) is 1.86. The van der Waals surface area contributed by atoms with E-state index in [4.69, 9.17) is 0 Å². The molecule has 0 saturated carbocycles. The number of hydrogen-bond donors (Lipinski definition) is 1. The molecular formula is C15H15N3O2.